The fraction of sp³-hybridized carbons (Fsp3) is 0.105. The Hall–Kier alpha value is -3.61. The molecule has 132 valence electrons. The van der Waals surface area contributed by atoms with Gasteiger partial charge < -0.3 is 14.5 Å². The number of carbonyl (C=O) groups is 1. The van der Waals surface area contributed by atoms with Crippen LogP contribution in [0.15, 0.2) is 65.1 Å². The van der Waals surface area contributed by atoms with E-state index in [1.54, 1.807) is 12.1 Å². The van der Waals surface area contributed by atoms with Crippen molar-refractivity contribution in [2.24, 2.45) is 0 Å². The summed E-state index contributed by atoms with van der Waals surface area (Å²) >= 11 is 0. The van der Waals surface area contributed by atoms with Gasteiger partial charge in [0.1, 0.15) is 18.1 Å². The molecule has 0 fully saturated rings. The lowest BCUT2D eigenvalue weighted by atomic mass is 10.2. The van der Waals surface area contributed by atoms with Gasteiger partial charge in [-0.2, -0.15) is 0 Å². The molecule has 3 aromatic rings. The summed E-state index contributed by atoms with van der Waals surface area (Å²) in [7, 11) is 0. The number of amides is 1. The third-order valence-electron chi connectivity index (χ3n) is 3.59. The second-order valence-corrected chi connectivity index (χ2v) is 5.63. The monoisotopic (exact) mass is 352 g/mol. The summed E-state index contributed by atoms with van der Waals surface area (Å²) in [5, 5.41) is 13.3. The van der Waals surface area contributed by atoms with Crippen molar-refractivity contribution in [3.63, 3.8) is 0 Å². The average Bonchev–Trinajstić information content (AvgIpc) is 3.10. The molecule has 2 aromatic carbocycles. The molecular weight excluding hydrogens is 336 g/mol. The van der Waals surface area contributed by atoms with Crippen LogP contribution in [0.4, 0.5) is 11.4 Å². The van der Waals surface area contributed by atoms with Gasteiger partial charge in [0.2, 0.25) is 0 Å². The van der Waals surface area contributed by atoms with Gasteiger partial charge in [0.15, 0.2) is 5.76 Å². The SMILES string of the molecule is Cc1cccc(OCc2ccc(C(=O)Nc3ccc([N+](=O)[O-])cc3)o2)c1. The van der Waals surface area contributed by atoms with Gasteiger partial charge >= 0.3 is 0 Å². The molecule has 0 spiro atoms. The molecule has 0 aliphatic heterocycles. The number of nitro benzene ring substituents is 1. The second kappa shape index (κ2) is 7.52. The van der Waals surface area contributed by atoms with E-state index in [-0.39, 0.29) is 18.1 Å². The highest BCUT2D eigenvalue weighted by molar-refractivity contribution is 6.02. The minimum Gasteiger partial charge on any atom is -0.486 e. The predicted molar refractivity (Wildman–Crippen MR) is 95.3 cm³/mol. The molecule has 0 aliphatic rings. The van der Waals surface area contributed by atoms with E-state index in [0.29, 0.717) is 11.4 Å². The van der Waals surface area contributed by atoms with E-state index in [1.807, 2.05) is 31.2 Å². The van der Waals surface area contributed by atoms with Gasteiger partial charge in [-0.15, -0.1) is 0 Å². The number of nitro groups is 1. The van der Waals surface area contributed by atoms with Crippen LogP contribution in [0.5, 0.6) is 5.75 Å². The number of furan rings is 1. The molecule has 1 amide bonds. The van der Waals surface area contributed by atoms with Crippen LogP contribution in [0.3, 0.4) is 0 Å². The first kappa shape index (κ1) is 17.2. The number of benzene rings is 2. The number of anilines is 1. The molecule has 0 saturated carbocycles. The molecule has 1 aromatic heterocycles. The van der Waals surface area contributed by atoms with Crippen molar-refractivity contribution in [3.8, 4) is 5.75 Å². The first-order valence-corrected chi connectivity index (χ1v) is 7.85. The van der Waals surface area contributed by atoms with Crippen LogP contribution < -0.4 is 10.1 Å². The minimum atomic E-state index is -0.501. The van der Waals surface area contributed by atoms with Crippen molar-refractivity contribution in [2.75, 3.05) is 5.32 Å². The first-order valence-electron chi connectivity index (χ1n) is 7.85. The van der Waals surface area contributed by atoms with Crippen LogP contribution >= 0.6 is 0 Å². The molecule has 0 bridgehead atoms. The van der Waals surface area contributed by atoms with Crippen molar-refractivity contribution < 1.29 is 18.9 Å². The fourth-order valence-corrected chi connectivity index (χ4v) is 2.30. The molecule has 7 nitrogen and oxygen atoms in total. The maximum atomic E-state index is 12.2. The van der Waals surface area contributed by atoms with Crippen LogP contribution in [-0.4, -0.2) is 10.8 Å². The molecule has 0 saturated heterocycles. The standard InChI is InChI=1S/C19H16N2O5/c1-13-3-2-4-16(11-13)25-12-17-9-10-18(26-17)19(22)20-14-5-7-15(8-6-14)21(23)24/h2-11H,12H2,1H3,(H,20,22). The summed E-state index contributed by atoms with van der Waals surface area (Å²) in [4.78, 5) is 22.3. The third-order valence-corrected chi connectivity index (χ3v) is 3.59. The molecule has 3 rings (SSSR count). The Kier molecular flexibility index (Phi) is 4.98. The Morgan fingerprint density at radius 3 is 2.62 bits per heavy atom. The minimum absolute atomic E-state index is 0.0448. The van der Waals surface area contributed by atoms with Gasteiger partial charge in [-0.3, -0.25) is 14.9 Å². The second-order valence-electron chi connectivity index (χ2n) is 5.63. The maximum Gasteiger partial charge on any atom is 0.291 e. The lowest BCUT2D eigenvalue weighted by molar-refractivity contribution is -0.384. The van der Waals surface area contributed by atoms with E-state index in [1.165, 1.54) is 24.3 Å². The number of nitrogens with one attached hydrogen (secondary N) is 1. The molecule has 0 atom stereocenters. The Labute approximate surface area is 149 Å². The predicted octanol–water partition coefficient (Wildman–Crippen LogP) is 4.33. The van der Waals surface area contributed by atoms with E-state index < -0.39 is 10.8 Å². The lowest BCUT2D eigenvalue weighted by Gasteiger charge is -2.05. The molecule has 0 radical (unpaired) electrons. The van der Waals surface area contributed by atoms with E-state index in [9.17, 15) is 14.9 Å². The summed E-state index contributed by atoms with van der Waals surface area (Å²) < 4.78 is 11.1. The average molecular weight is 352 g/mol. The zero-order valence-electron chi connectivity index (χ0n) is 14.0. The largest absolute Gasteiger partial charge is 0.486 e. The fourth-order valence-electron chi connectivity index (χ4n) is 2.30. The van der Waals surface area contributed by atoms with Crippen LogP contribution in [-0.2, 0) is 6.61 Å². The number of non-ortho nitro benzene ring substituents is 1. The molecule has 0 unspecified atom stereocenters. The van der Waals surface area contributed by atoms with E-state index in [2.05, 4.69) is 5.32 Å². The van der Waals surface area contributed by atoms with Crippen LogP contribution in [0.2, 0.25) is 0 Å². The van der Waals surface area contributed by atoms with Crippen molar-refractivity contribution in [1.29, 1.82) is 0 Å². The third kappa shape index (κ3) is 4.27. The van der Waals surface area contributed by atoms with E-state index >= 15 is 0 Å². The molecular formula is C19H16N2O5. The Morgan fingerprint density at radius 2 is 1.92 bits per heavy atom. The van der Waals surface area contributed by atoms with Crippen molar-refractivity contribution in [3.05, 3.63) is 87.9 Å². The van der Waals surface area contributed by atoms with Gasteiger partial charge in [0.05, 0.1) is 4.92 Å². The Morgan fingerprint density at radius 1 is 1.15 bits per heavy atom. The highest BCUT2D eigenvalue weighted by Gasteiger charge is 2.13. The maximum absolute atomic E-state index is 12.2. The Balaban J connectivity index is 1.59. The Bertz CT molecular complexity index is 931. The lowest BCUT2D eigenvalue weighted by Crippen LogP contribution is -2.10. The first-order chi connectivity index (χ1) is 12.5. The number of carbonyl (C=O) groups excluding carboxylic acids is 1. The van der Waals surface area contributed by atoms with Crippen molar-refractivity contribution in [2.45, 2.75) is 13.5 Å². The summed E-state index contributed by atoms with van der Waals surface area (Å²) in [6.07, 6.45) is 0. The highest BCUT2D eigenvalue weighted by Crippen LogP contribution is 2.18. The molecule has 1 N–H and O–H groups in total. The molecule has 7 heteroatoms. The molecule has 26 heavy (non-hydrogen) atoms. The van der Waals surface area contributed by atoms with E-state index in [0.717, 1.165) is 11.3 Å². The van der Waals surface area contributed by atoms with Gasteiger partial charge in [0, 0.05) is 17.8 Å². The summed E-state index contributed by atoms with van der Waals surface area (Å²) in [6.45, 7) is 2.18. The number of rotatable bonds is 6. The number of hydrogen-bond donors (Lipinski definition) is 1. The molecule has 1 heterocycles. The summed E-state index contributed by atoms with van der Waals surface area (Å²) in [6, 6.07) is 16.4. The van der Waals surface area contributed by atoms with Gasteiger partial charge in [-0.25, -0.2) is 0 Å². The number of nitrogens with zero attached hydrogens (tertiary/aromatic N) is 1. The zero-order valence-corrected chi connectivity index (χ0v) is 14.0. The smallest absolute Gasteiger partial charge is 0.291 e. The number of aryl methyl sites for hydroxylation is 1. The van der Waals surface area contributed by atoms with Gasteiger partial charge in [-0.1, -0.05) is 12.1 Å². The highest BCUT2D eigenvalue weighted by atomic mass is 16.6. The van der Waals surface area contributed by atoms with E-state index in [4.69, 9.17) is 9.15 Å². The number of ether oxygens (including phenoxy) is 1. The summed E-state index contributed by atoms with van der Waals surface area (Å²) in [5.41, 5.74) is 1.48. The zero-order chi connectivity index (χ0) is 18.5. The van der Waals surface area contributed by atoms with Crippen LogP contribution in [0.25, 0.3) is 0 Å². The quantitative estimate of drug-likeness (QED) is 0.526. The van der Waals surface area contributed by atoms with Crippen molar-refractivity contribution >= 4 is 17.3 Å². The van der Waals surface area contributed by atoms with Crippen LogP contribution in [0, 0.1) is 17.0 Å². The van der Waals surface area contributed by atoms with Gasteiger partial charge in [0.25, 0.3) is 11.6 Å². The van der Waals surface area contributed by atoms with Crippen molar-refractivity contribution in [1.82, 2.24) is 0 Å². The summed E-state index contributed by atoms with van der Waals surface area (Å²) in [5.74, 6) is 0.922. The topological polar surface area (TPSA) is 94.6 Å². The van der Waals surface area contributed by atoms with Gasteiger partial charge in [-0.05, 0) is 48.9 Å². The molecule has 0 aliphatic carbocycles. The van der Waals surface area contributed by atoms with Crippen LogP contribution in [0.1, 0.15) is 21.9 Å². The number of hydrogen-bond acceptors (Lipinski definition) is 5. The normalized spacial score (nSPS) is 10.3.